The first-order valence-corrected chi connectivity index (χ1v) is 8.17. The number of amides is 1. The Morgan fingerprint density at radius 2 is 2.04 bits per heavy atom. The highest BCUT2D eigenvalue weighted by Gasteiger charge is 2.05. The van der Waals surface area contributed by atoms with Gasteiger partial charge >= 0.3 is 0 Å². The average Bonchev–Trinajstić information content (AvgIpc) is 2.55. The van der Waals surface area contributed by atoms with E-state index in [4.69, 9.17) is 10.4 Å². The quantitative estimate of drug-likeness (QED) is 0.139. The molecule has 0 atom stereocenters. The van der Waals surface area contributed by atoms with Crippen molar-refractivity contribution in [2.75, 3.05) is 13.1 Å². The van der Waals surface area contributed by atoms with Crippen molar-refractivity contribution in [1.82, 2.24) is 10.8 Å². The fourth-order valence-electron chi connectivity index (χ4n) is 2.03. The first kappa shape index (κ1) is 19.4. The first-order chi connectivity index (χ1) is 11.1. The number of nitrogens with zero attached hydrogens (tertiary/aromatic N) is 1. The van der Waals surface area contributed by atoms with E-state index in [1.54, 1.807) is 23.7 Å². The number of rotatable bonds is 10. The monoisotopic (exact) mass is 387 g/mol. The smallest absolute Gasteiger partial charge is 0.243 e. The minimum absolute atomic E-state index is 0.171. The second-order valence-corrected chi connectivity index (χ2v) is 6.01. The molecule has 0 heterocycles. The highest BCUT2D eigenvalue weighted by molar-refractivity contribution is 9.10. The van der Waals surface area contributed by atoms with Gasteiger partial charge < -0.3 is 15.6 Å². The van der Waals surface area contributed by atoms with Crippen LogP contribution >= 0.6 is 15.9 Å². The van der Waals surface area contributed by atoms with E-state index in [1.807, 2.05) is 0 Å². The molecule has 1 aromatic carbocycles. The molecule has 8 heteroatoms. The summed E-state index contributed by atoms with van der Waals surface area (Å²) in [6, 6.07) is 5.15. The second-order valence-electron chi connectivity index (χ2n) is 5.15. The molecule has 0 saturated heterocycles. The van der Waals surface area contributed by atoms with Gasteiger partial charge in [0.05, 0.1) is 10.2 Å². The molecule has 0 aliphatic rings. The highest BCUT2D eigenvalue weighted by Crippen LogP contribution is 2.24. The molecule has 0 aliphatic carbocycles. The van der Waals surface area contributed by atoms with Crippen molar-refractivity contribution >= 4 is 27.5 Å². The lowest BCUT2D eigenvalue weighted by molar-refractivity contribution is -0.129. The number of halogens is 1. The molecule has 0 unspecified atom stereocenters. The fraction of sp³-hybridized carbons (Fsp3) is 0.467. The van der Waals surface area contributed by atoms with E-state index in [1.165, 1.54) is 0 Å². The number of carbonyl (C=O) groups is 1. The van der Waals surface area contributed by atoms with E-state index >= 15 is 0 Å². The van der Waals surface area contributed by atoms with Crippen LogP contribution in [0.3, 0.4) is 0 Å². The lowest BCUT2D eigenvalue weighted by Crippen LogP contribution is -2.25. The molecule has 0 radical (unpaired) electrons. The van der Waals surface area contributed by atoms with Gasteiger partial charge in [0.25, 0.3) is 0 Å². The summed E-state index contributed by atoms with van der Waals surface area (Å²) in [6.07, 6.45) is 3.28. The van der Waals surface area contributed by atoms with E-state index < -0.39 is 0 Å². The third-order valence-electron chi connectivity index (χ3n) is 3.27. The zero-order valence-electron chi connectivity index (χ0n) is 12.8. The zero-order chi connectivity index (χ0) is 17.1. The molecule has 0 bridgehead atoms. The molecule has 23 heavy (non-hydrogen) atoms. The van der Waals surface area contributed by atoms with Gasteiger partial charge in [0, 0.05) is 19.4 Å². The normalized spacial score (nSPS) is 11.5. The number of hydroxylamine groups is 1. The van der Waals surface area contributed by atoms with Gasteiger partial charge in [-0.15, -0.1) is 0 Å². The maximum atomic E-state index is 10.8. The Morgan fingerprint density at radius 1 is 1.26 bits per heavy atom. The Balaban J connectivity index is 2.22. The van der Waals surface area contributed by atoms with Crippen LogP contribution in [0, 0.1) is 0 Å². The van der Waals surface area contributed by atoms with Crippen LogP contribution in [0.5, 0.6) is 5.75 Å². The van der Waals surface area contributed by atoms with Gasteiger partial charge in [0.15, 0.2) is 0 Å². The minimum atomic E-state index is -0.368. The number of aromatic hydroxyl groups is 1. The van der Waals surface area contributed by atoms with Crippen molar-refractivity contribution in [3.05, 3.63) is 28.2 Å². The van der Waals surface area contributed by atoms with Crippen molar-refractivity contribution in [3.63, 3.8) is 0 Å². The molecular weight excluding hydrogens is 366 g/mol. The van der Waals surface area contributed by atoms with Gasteiger partial charge in [0.2, 0.25) is 5.91 Å². The minimum Gasteiger partial charge on any atom is -0.507 e. The Labute approximate surface area is 143 Å². The van der Waals surface area contributed by atoms with Crippen molar-refractivity contribution in [1.29, 1.82) is 0 Å². The number of nitrogens with one attached hydrogen (secondary N) is 2. The summed E-state index contributed by atoms with van der Waals surface area (Å²) >= 11 is 3.25. The SMILES string of the molecule is O=C(CCCCCNC/C(Cc1ccc(O)c(Br)c1)=N/O)NO. The summed E-state index contributed by atoms with van der Waals surface area (Å²) in [5.74, 6) is -0.197. The maximum absolute atomic E-state index is 10.8. The second kappa shape index (κ2) is 11.0. The van der Waals surface area contributed by atoms with E-state index in [9.17, 15) is 9.90 Å². The van der Waals surface area contributed by atoms with Crippen LogP contribution in [-0.2, 0) is 11.2 Å². The first-order valence-electron chi connectivity index (χ1n) is 7.37. The van der Waals surface area contributed by atoms with Gasteiger partial charge in [-0.3, -0.25) is 10.0 Å². The molecule has 0 aromatic heterocycles. The van der Waals surface area contributed by atoms with Crippen LogP contribution in [-0.4, -0.2) is 40.2 Å². The molecule has 0 spiro atoms. The summed E-state index contributed by atoms with van der Waals surface area (Å²) in [5, 5.41) is 33.3. The molecule has 1 rings (SSSR count). The predicted molar refractivity (Wildman–Crippen MR) is 90.0 cm³/mol. The van der Waals surface area contributed by atoms with Crippen molar-refractivity contribution in [3.8, 4) is 5.75 Å². The van der Waals surface area contributed by atoms with Crippen LogP contribution in [0.4, 0.5) is 0 Å². The van der Waals surface area contributed by atoms with Crippen LogP contribution in [0.2, 0.25) is 0 Å². The van der Waals surface area contributed by atoms with Crippen molar-refractivity contribution in [2.24, 2.45) is 5.16 Å². The molecule has 0 aliphatic heterocycles. The van der Waals surface area contributed by atoms with Crippen molar-refractivity contribution in [2.45, 2.75) is 32.1 Å². The largest absolute Gasteiger partial charge is 0.507 e. The number of phenolic OH excluding ortho intramolecular Hbond substituents is 1. The molecule has 7 nitrogen and oxygen atoms in total. The van der Waals surface area contributed by atoms with Gasteiger partial charge in [-0.05, 0) is 53.0 Å². The Kier molecular flexibility index (Phi) is 9.27. The molecule has 1 amide bonds. The summed E-state index contributed by atoms with van der Waals surface area (Å²) < 4.78 is 0.604. The molecule has 128 valence electrons. The standard InChI is InChI=1S/C15H22BrN3O4/c16-13-9-11(5-6-14(13)20)8-12(18-22)10-17-7-3-1-2-4-15(21)19-23/h5-6,9,17,20,22-23H,1-4,7-8,10H2,(H,19,21)/b18-12+. The van der Waals surface area contributed by atoms with Crippen LogP contribution in [0.25, 0.3) is 0 Å². The Hall–Kier alpha value is -1.64. The van der Waals surface area contributed by atoms with Gasteiger partial charge in [-0.2, -0.15) is 0 Å². The number of benzene rings is 1. The Bertz CT molecular complexity index is 537. The van der Waals surface area contributed by atoms with Crippen molar-refractivity contribution < 1.29 is 20.3 Å². The fourth-order valence-corrected chi connectivity index (χ4v) is 2.46. The summed E-state index contributed by atoms with van der Waals surface area (Å²) in [5.41, 5.74) is 3.13. The summed E-state index contributed by atoms with van der Waals surface area (Å²) in [4.78, 5) is 10.8. The number of hydrogen-bond donors (Lipinski definition) is 5. The number of unbranched alkanes of at least 4 members (excludes halogenated alkanes) is 2. The van der Waals surface area contributed by atoms with E-state index in [-0.39, 0.29) is 11.7 Å². The zero-order valence-corrected chi connectivity index (χ0v) is 14.3. The van der Waals surface area contributed by atoms with Gasteiger partial charge in [-0.1, -0.05) is 17.6 Å². The molecule has 0 saturated carbocycles. The lowest BCUT2D eigenvalue weighted by atomic mass is 10.1. The molecule has 1 aromatic rings. The van der Waals surface area contributed by atoms with E-state index in [0.717, 1.165) is 31.4 Å². The Morgan fingerprint density at radius 3 is 2.70 bits per heavy atom. The van der Waals surface area contributed by atoms with Gasteiger partial charge in [0.1, 0.15) is 5.75 Å². The highest BCUT2D eigenvalue weighted by atomic mass is 79.9. The van der Waals surface area contributed by atoms with Crippen LogP contribution < -0.4 is 10.8 Å². The van der Waals surface area contributed by atoms with Crippen LogP contribution in [0.15, 0.2) is 27.8 Å². The molecule has 0 fully saturated rings. The molecule has 5 N–H and O–H groups in total. The number of hydrogen-bond acceptors (Lipinski definition) is 6. The number of phenols is 1. The maximum Gasteiger partial charge on any atom is 0.243 e. The van der Waals surface area contributed by atoms with E-state index in [2.05, 4.69) is 26.4 Å². The summed E-state index contributed by atoms with van der Waals surface area (Å²) in [6.45, 7) is 1.21. The third kappa shape index (κ3) is 7.96. The third-order valence-corrected chi connectivity index (χ3v) is 3.91. The van der Waals surface area contributed by atoms with E-state index in [0.29, 0.717) is 29.6 Å². The average molecular weight is 388 g/mol. The lowest BCUT2D eigenvalue weighted by Gasteiger charge is -2.08. The van der Waals surface area contributed by atoms with Crippen LogP contribution in [0.1, 0.15) is 31.2 Å². The number of carbonyl (C=O) groups excluding carboxylic acids is 1. The summed E-state index contributed by atoms with van der Waals surface area (Å²) in [7, 11) is 0. The molecular formula is C15H22BrN3O4. The number of oxime groups is 1. The van der Waals surface area contributed by atoms with Gasteiger partial charge in [-0.25, -0.2) is 5.48 Å². The predicted octanol–water partition coefficient (Wildman–Crippen LogP) is 2.18. The topological polar surface area (TPSA) is 114 Å².